The van der Waals surface area contributed by atoms with Crippen molar-refractivity contribution >= 4 is 23.4 Å². The van der Waals surface area contributed by atoms with Crippen molar-refractivity contribution in [1.29, 1.82) is 0 Å². The molecule has 0 aliphatic rings. The molecule has 2 heterocycles. The minimum Gasteiger partial charge on any atom is -0.399 e. The zero-order chi connectivity index (χ0) is 27.4. The summed E-state index contributed by atoms with van der Waals surface area (Å²) in [6, 6.07) is 16.1. The van der Waals surface area contributed by atoms with E-state index in [-0.39, 0.29) is 16.8 Å². The fourth-order valence-electron chi connectivity index (χ4n) is 4.24. The molecule has 0 aliphatic heterocycles. The van der Waals surface area contributed by atoms with E-state index in [0.717, 1.165) is 5.56 Å². The number of hydrogen-bond donors (Lipinski definition) is 2. The number of fused-ring (bicyclic) bond motifs is 1. The Morgan fingerprint density at radius 2 is 1.89 bits per heavy atom. The highest BCUT2D eigenvalue weighted by Crippen LogP contribution is 2.24. The predicted octanol–water partition coefficient (Wildman–Crippen LogP) is 3.75. The summed E-state index contributed by atoms with van der Waals surface area (Å²) in [6.07, 6.45) is 3.48. The van der Waals surface area contributed by atoms with Gasteiger partial charge < -0.3 is 11.1 Å². The number of hydrogen-bond acceptors (Lipinski definition) is 5. The van der Waals surface area contributed by atoms with E-state index in [0.29, 0.717) is 33.4 Å². The molecule has 0 unspecified atom stereocenters. The smallest absolute Gasteiger partial charge is 0.264 e. The number of pyridine rings is 1. The van der Waals surface area contributed by atoms with Gasteiger partial charge in [0.15, 0.2) is 0 Å². The first-order valence-electron chi connectivity index (χ1n) is 11.9. The summed E-state index contributed by atoms with van der Waals surface area (Å²) >= 11 is 0. The lowest BCUT2D eigenvalue weighted by molar-refractivity contribution is -0.118. The Labute approximate surface area is 220 Å². The maximum atomic E-state index is 14.1. The lowest BCUT2D eigenvalue weighted by atomic mass is 10.0. The van der Waals surface area contributed by atoms with E-state index >= 15 is 0 Å². The molecule has 190 valence electrons. The molecule has 2 aromatic carbocycles. The second-order valence-electron chi connectivity index (χ2n) is 8.81. The Bertz CT molecular complexity index is 1710. The number of nitrogens with zero attached hydrogens (tertiary/aromatic N) is 4. The third-order valence-electron chi connectivity index (χ3n) is 6.07. The maximum Gasteiger partial charge on any atom is 0.264 e. The molecule has 0 bridgehead atoms. The molecule has 8 nitrogen and oxygen atoms in total. The zero-order valence-electron chi connectivity index (χ0n) is 21.5. The first kappa shape index (κ1) is 25.9. The topological polar surface area (TPSA) is 107 Å². The van der Waals surface area contributed by atoms with Crippen molar-refractivity contribution in [3.63, 3.8) is 0 Å². The van der Waals surface area contributed by atoms with Crippen molar-refractivity contribution in [1.82, 2.24) is 19.7 Å². The van der Waals surface area contributed by atoms with Gasteiger partial charge in [0.2, 0.25) is 0 Å². The monoisotopic (exact) mass is 504 g/mol. The average Bonchev–Trinajstić information content (AvgIpc) is 3.32. The van der Waals surface area contributed by atoms with Crippen LogP contribution in [0.5, 0.6) is 0 Å². The third-order valence-corrected chi connectivity index (χ3v) is 6.07. The summed E-state index contributed by atoms with van der Waals surface area (Å²) < 4.78 is 3.27. The summed E-state index contributed by atoms with van der Waals surface area (Å²) in [5.41, 5.74) is 8.80. The number of carbonyl (C=O) groups is 1. The van der Waals surface area contributed by atoms with Crippen LogP contribution in [0.4, 0.5) is 0 Å². The lowest BCUT2D eigenvalue weighted by Crippen LogP contribution is -2.34. The fraction of sp³-hybridized carbons (Fsp3) is 0.133. The molecule has 1 atom stereocenters. The van der Waals surface area contributed by atoms with Crippen LogP contribution in [0.15, 0.2) is 100 Å². The molecule has 1 amide bonds. The predicted molar refractivity (Wildman–Crippen MR) is 151 cm³/mol. The van der Waals surface area contributed by atoms with Crippen LogP contribution in [0.1, 0.15) is 36.7 Å². The molecule has 2 aromatic heterocycles. The molecule has 4 rings (SSSR count). The molecular weight excluding hydrogens is 476 g/mol. The summed E-state index contributed by atoms with van der Waals surface area (Å²) in [5, 5.41) is 8.27. The van der Waals surface area contributed by atoms with Crippen molar-refractivity contribution in [2.45, 2.75) is 19.9 Å². The van der Waals surface area contributed by atoms with Crippen LogP contribution in [0, 0.1) is 11.8 Å². The average molecular weight is 505 g/mol. The molecule has 4 aromatic rings. The van der Waals surface area contributed by atoms with Crippen molar-refractivity contribution < 1.29 is 4.79 Å². The highest BCUT2D eigenvalue weighted by Gasteiger charge is 2.22. The Hall–Kier alpha value is -5.16. The van der Waals surface area contributed by atoms with Crippen molar-refractivity contribution in [3.8, 4) is 17.5 Å². The minimum absolute atomic E-state index is 0.0791. The van der Waals surface area contributed by atoms with E-state index in [4.69, 9.17) is 5.73 Å². The molecule has 0 radical (unpaired) electrons. The molecule has 38 heavy (non-hydrogen) atoms. The zero-order valence-corrected chi connectivity index (χ0v) is 21.5. The number of aliphatic imine (C=N–C) groups is 1. The molecule has 0 saturated carbocycles. The quantitative estimate of drug-likeness (QED) is 0.180. The normalized spacial score (nSPS) is 12.2. The number of para-hydroxylation sites is 1. The molecule has 0 saturated heterocycles. The van der Waals surface area contributed by atoms with Gasteiger partial charge in [0, 0.05) is 35.9 Å². The summed E-state index contributed by atoms with van der Waals surface area (Å²) in [7, 11) is 1.82. The first-order chi connectivity index (χ1) is 18.2. The second kappa shape index (κ2) is 10.8. The number of benzene rings is 2. The van der Waals surface area contributed by atoms with Gasteiger partial charge in [0.25, 0.3) is 11.5 Å². The van der Waals surface area contributed by atoms with Crippen LogP contribution in [-0.2, 0) is 11.8 Å². The van der Waals surface area contributed by atoms with Gasteiger partial charge in [-0.2, -0.15) is 5.10 Å². The molecule has 0 fully saturated rings. The first-order valence-corrected chi connectivity index (χ1v) is 11.9. The summed E-state index contributed by atoms with van der Waals surface area (Å²) in [5.74, 6) is 5.76. The summed E-state index contributed by atoms with van der Waals surface area (Å²) in [4.78, 5) is 31.0. The Kier molecular flexibility index (Phi) is 7.40. The van der Waals surface area contributed by atoms with Gasteiger partial charge in [-0.05, 0) is 50.2 Å². The number of aromatic nitrogens is 3. The molecule has 8 heteroatoms. The van der Waals surface area contributed by atoms with Gasteiger partial charge in [0.05, 0.1) is 34.5 Å². The van der Waals surface area contributed by atoms with Gasteiger partial charge in [-0.25, -0.2) is 0 Å². The molecular formula is C30H28N6O2. The number of rotatable bonds is 6. The number of carbonyl (C=O) groups excluding carboxylic acids is 1. The van der Waals surface area contributed by atoms with E-state index < -0.39 is 11.9 Å². The van der Waals surface area contributed by atoms with Gasteiger partial charge in [-0.3, -0.25) is 23.8 Å². The second-order valence-corrected chi connectivity index (χ2v) is 8.81. The number of nitrogens with two attached hydrogens (primary N) is 1. The molecule has 0 aliphatic carbocycles. The van der Waals surface area contributed by atoms with E-state index in [9.17, 15) is 9.59 Å². The number of amides is 1. The minimum atomic E-state index is -0.572. The van der Waals surface area contributed by atoms with Gasteiger partial charge in [0.1, 0.15) is 0 Å². The Morgan fingerprint density at radius 1 is 1.16 bits per heavy atom. The van der Waals surface area contributed by atoms with Crippen molar-refractivity contribution in [2.75, 3.05) is 0 Å². The van der Waals surface area contributed by atoms with Gasteiger partial charge in [-0.1, -0.05) is 48.8 Å². The molecule has 0 spiro atoms. The summed E-state index contributed by atoms with van der Waals surface area (Å²) in [6.45, 7) is 10.6. The highest BCUT2D eigenvalue weighted by atomic mass is 16.2. The van der Waals surface area contributed by atoms with Crippen LogP contribution in [0.25, 0.3) is 16.5 Å². The van der Waals surface area contributed by atoms with Crippen LogP contribution in [0.3, 0.4) is 0 Å². The van der Waals surface area contributed by atoms with E-state index in [1.54, 1.807) is 29.3 Å². The van der Waals surface area contributed by atoms with Crippen LogP contribution >= 0.6 is 0 Å². The molecule has 3 N–H and O–H groups in total. The number of allylic oxidation sites excluding steroid dienone is 1. The number of aryl methyl sites for hydroxylation is 1. The van der Waals surface area contributed by atoms with Crippen LogP contribution in [-0.4, -0.2) is 27.0 Å². The lowest BCUT2D eigenvalue weighted by Gasteiger charge is -2.22. The van der Waals surface area contributed by atoms with Gasteiger partial charge in [-0.15, -0.1) is 0 Å². The van der Waals surface area contributed by atoms with Crippen molar-refractivity contribution in [3.05, 3.63) is 118 Å². The standard InChI is InChI=1S/C30H28N6O2/c1-19(31)27(21(3)32-4)29(37)34-20(2)26-16-24-11-9-10-23(15-14-22-17-33-35(5)18-22)28(24)30(38)36(26)25-12-7-6-8-13-25/h6-13,16-18,20H,1,4,31H2,2-3,5H3,(H,34,37)/b27-21-/t20-/m0/s1. The Balaban J connectivity index is 1.89. The van der Waals surface area contributed by atoms with Crippen LogP contribution in [0.2, 0.25) is 0 Å². The largest absolute Gasteiger partial charge is 0.399 e. The Morgan fingerprint density at radius 3 is 2.53 bits per heavy atom. The van der Waals surface area contributed by atoms with E-state index in [1.807, 2.05) is 67.8 Å². The van der Waals surface area contributed by atoms with E-state index in [2.05, 4.69) is 40.5 Å². The maximum absolute atomic E-state index is 14.1. The third kappa shape index (κ3) is 5.18. The van der Waals surface area contributed by atoms with E-state index in [1.165, 1.54) is 0 Å². The fourth-order valence-corrected chi connectivity index (χ4v) is 4.24. The van der Waals surface area contributed by atoms with Gasteiger partial charge >= 0.3 is 0 Å². The highest BCUT2D eigenvalue weighted by molar-refractivity contribution is 5.98. The number of nitrogens with one attached hydrogen (secondary N) is 1. The van der Waals surface area contributed by atoms with Crippen molar-refractivity contribution in [2.24, 2.45) is 17.8 Å². The van der Waals surface area contributed by atoms with Crippen LogP contribution < -0.4 is 16.6 Å². The SMILES string of the molecule is C=N/C(C)=C(/C(=C)N)C(=O)N[C@@H](C)c1cc2cccc(C#Cc3cnn(C)c3)c2c(=O)n1-c1ccccc1.